The Morgan fingerprint density at radius 1 is 1.25 bits per heavy atom. The Bertz CT molecular complexity index is 1160. The number of anilines is 1. The maximum Gasteiger partial charge on any atom is 0.341 e. The van der Waals surface area contributed by atoms with Crippen LogP contribution in [0.2, 0.25) is 5.02 Å². The third kappa shape index (κ3) is 4.92. The number of thiophene rings is 1. The average molecular weight is 495 g/mol. The number of nitrogens with one attached hydrogen (secondary N) is 1. The minimum absolute atomic E-state index is 0.0986. The quantitative estimate of drug-likeness (QED) is 0.354. The Morgan fingerprint density at radius 2 is 2.00 bits per heavy atom. The van der Waals surface area contributed by atoms with E-state index in [1.165, 1.54) is 30.2 Å². The van der Waals surface area contributed by atoms with E-state index in [2.05, 4.69) is 15.5 Å². The van der Waals surface area contributed by atoms with Crippen LogP contribution in [0.5, 0.6) is 5.75 Å². The number of amides is 1. The third-order valence-corrected chi connectivity index (χ3v) is 7.12. The second kappa shape index (κ2) is 10.4. The summed E-state index contributed by atoms with van der Waals surface area (Å²) >= 11 is 8.76. The lowest BCUT2D eigenvalue weighted by atomic mass is 10.1. The summed E-state index contributed by atoms with van der Waals surface area (Å²) < 4.78 is 12.2. The second-order valence-electron chi connectivity index (χ2n) is 6.71. The van der Waals surface area contributed by atoms with Crippen molar-refractivity contribution >= 4 is 51.6 Å². The van der Waals surface area contributed by atoms with Crippen LogP contribution in [0.25, 0.3) is 11.4 Å². The highest BCUT2D eigenvalue weighted by Gasteiger charge is 2.22. The zero-order valence-corrected chi connectivity index (χ0v) is 20.7. The lowest BCUT2D eigenvalue weighted by Crippen LogP contribution is -2.16. The fourth-order valence-electron chi connectivity index (χ4n) is 3.09. The van der Waals surface area contributed by atoms with Crippen LogP contribution in [0.1, 0.15) is 27.7 Å². The molecule has 0 aliphatic heterocycles. The number of benzene rings is 1. The molecule has 1 aromatic carbocycles. The summed E-state index contributed by atoms with van der Waals surface area (Å²) in [6.07, 6.45) is 0. The zero-order chi connectivity index (χ0) is 23.4. The summed E-state index contributed by atoms with van der Waals surface area (Å²) in [6.45, 7) is 6.29. The number of aromatic nitrogens is 3. The first-order valence-electron chi connectivity index (χ1n) is 9.68. The Balaban J connectivity index is 1.78. The maximum atomic E-state index is 12.6. The molecule has 170 valence electrons. The minimum Gasteiger partial charge on any atom is -0.496 e. The van der Waals surface area contributed by atoms with E-state index >= 15 is 0 Å². The molecule has 3 aromatic rings. The van der Waals surface area contributed by atoms with Crippen molar-refractivity contribution in [1.29, 1.82) is 0 Å². The number of aryl methyl sites for hydroxylation is 1. The van der Waals surface area contributed by atoms with Crippen molar-refractivity contribution < 1.29 is 19.1 Å². The average Bonchev–Trinajstić information content (AvgIpc) is 3.31. The summed E-state index contributed by atoms with van der Waals surface area (Å²) in [5.41, 5.74) is 1.91. The molecule has 3 rings (SSSR count). The number of halogens is 1. The smallest absolute Gasteiger partial charge is 0.341 e. The van der Waals surface area contributed by atoms with Crippen LogP contribution >= 0.6 is 34.7 Å². The lowest BCUT2D eigenvalue weighted by molar-refractivity contribution is -0.113. The molecule has 32 heavy (non-hydrogen) atoms. The highest BCUT2D eigenvalue weighted by Crippen LogP contribution is 2.35. The number of methoxy groups -OCH3 is 2. The molecule has 0 spiro atoms. The van der Waals surface area contributed by atoms with Gasteiger partial charge >= 0.3 is 5.97 Å². The van der Waals surface area contributed by atoms with Gasteiger partial charge in [-0.15, -0.1) is 21.5 Å². The van der Waals surface area contributed by atoms with Gasteiger partial charge in [0.25, 0.3) is 0 Å². The number of esters is 1. The Hall–Kier alpha value is -2.56. The SMILES string of the molecule is CCn1c(SCC(=O)Nc2sc(C)c(C)c2C(=O)OC)nnc1-c1cc(Cl)ccc1OC. The monoisotopic (exact) mass is 494 g/mol. The normalized spacial score (nSPS) is 10.8. The van der Waals surface area contributed by atoms with Gasteiger partial charge in [-0.3, -0.25) is 4.79 Å². The standard InChI is InChI=1S/C21H23ClN4O4S2/c1-6-26-18(14-9-13(22)7-8-15(14)29-4)24-25-21(26)31-10-16(27)23-19-17(20(28)30-5)11(2)12(3)32-19/h7-9H,6,10H2,1-5H3,(H,23,27). The van der Waals surface area contributed by atoms with Gasteiger partial charge in [0, 0.05) is 16.4 Å². The van der Waals surface area contributed by atoms with Gasteiger partial charge in [0.05, 0.1) is 31.1 Å². The Kier molecular flexibility index (Phi) is 7.81. The number of carbonyl (C=O) groups excluding carboxylic acids is 2. The van der Waals surface area contributed by atoms with E-state index in [1.54, 1.807) is 25.3 Å². The van der Waals surface area contributed by atoms with E-state index < -0.39 is 5.97 Å². The molecule has 2 heterocycles. The number of thioether (sulfide) groups is 1. The number of nitrogens with zero attached hydrogens (tertiary/aromatic N) is 3. The molecule has 0 bridgehead atoms. The molecule has 1 amide bonds. The van der Waals surface area contributed by atoms with Crippen LogP contribution in [0.3, 0.4) is 0 Å². The fraction of sp³-hybridized carbons (Fsp3) is 0.333. The number of rotatable bonds is 8. The van der Waals surface area contributed by atoms with Crippen molar-refractivity contribution in [2.24, 2.45) is 0 Å². The summed E-state index contributed by atoms with van der Waals surface area (Å²) in [6, 6.07) is 5.29. The topological polar surface area (TPSA) is 95.3 Å². The van der Waals surface area contributed by atoms with Gasteiger partial charge in [-0.2, -0.15) is 0 Å². The molecular weight excluding hydrogens is 472 g/mol. The van der Waals surface area contributed by atoms with E-state index in [1.807, 2.05) is 25.3 Å². The summed E-state index contributed by atoms with van der Waals surface area (Å²) in [5, 5.41) is 13.0. The highest BCUT2D eigenvalue weighted by atomic mass is 35.5. The molecule has 0 atom stereocenters. The second-order valence-corrected chi connectivity index (χ2v) is 9.31. The summed E-state index contributed by atoms with van der Waals surface area (Å²) in [7, 11) is 2.90. The van der Waals surface area contributed by atoms with E-state index in [0.29, 0.717) is 38.9 Å². The lowest BCUT2D eigenvalue weighted by Gasteiger charge is -2.11. The largest absolute Gasteiger partial charge is 0.496 e. The molecular formula is C21H23ClN4O4S2. The molecule has 0 radical (unpaired) electrons. The van der Waals surface area contributed by atoms with Crippen LogP contribution in [-0.2, 0) is 16.1 Å². The first kappa shape index (κ1) is 24.1. The van der Waals surface area contributed by atoms with E-state index in [0.717, 1.165) is 16.0 Å². The van der Waals surface area contributed by atoms with Gasteiger partial charge in [0.2, 0.25) is 5.91 Å². The van der Waals surface area contributed by atoms with Gasteiger partial charge in [0.15, 0.2) is 11.0 Å². The number of hydrogen-bond donors (Lipinski definition) is 1. The minimum atomic E-state index is -0.472. The molecule has 0 aliphatic rings. The van der Waals surface area contributed by atoms with Gasteiger partial charge in [-0.25, -0.2) is 4.79 Å². The maximum absolute atomic E-state index is 12.6. The van der Waals surface area contributed by atoms with E-state index in [4.69, 9.17) is 21.1 Å². The fourth-order valence-corrected chi connectivity index (χ4v) is 5.13. The Labute approximate surface area is 199 Å². The summed E-state index contributed by atoms with van der Waals surface area (Å²) in [5.74, 6) is 0.605. The summed E-state index contributed by atoms with van der Waals surface area (Å²) in [4.78, 5) is 25.7. The number of ether oxygens (including phenoxy) is 2. The van der Waals surface area contributed by atoms with Crippen molar-refractivity contribution in [2.75, 3.05) is 25.3 Å². The first-order valence-corrected chi connectivity index (χ1v) is 11.9. The molecule has 0 aliphatic carbocycles. The van der Waals surface area contributed by atoms with Crippen LogP contribution in [-0.4, -0.2) is 46.6 Å². The molecule has 0 unspecified atom stereocenters. The number of carbonyl (C=O) groups is 2. The van der Waals surface area contributed by atoms with Crippen LogP contribution in [0.4, 0.5) is 5.00 Å². The van der Waals surface area contributed by atoms with Crippen molar-refractivity contribution in [1.82, 2.24) is 14.8 Å². The molecule has 11 heteroatoms. The van der Waals surface area contributed by atoms with E-state index in [-0.39, 0.29) is 11.7 Å². The molecule has 2 aromatic heterocycles. The van der Waals surface area contributed by atoms with Gasteiger partial charge in [0.1, 0.15) is 10.8 Å². The van der Waals surface area contributed by atoms with Crippen LogP contribution < -0.4 is 10.1 Å². The molecule has 1 N–H and O–H groups in total. The molecule has 0 saturated heterocycles. The highest BCUT2D eigenvalue weighted by molar-refractivity contribution is 7.99. The molecule has 0 saturated carbocycles. The number of hydrogen-bond acceptors (Lipinski definition) is 8. The predicted octanol–water partition coefficient (Wildman–Crippen LogP) is 4.82. The van der Waals surface area contributed by atoms with Crippen LogP contribution in [0.15, 0.2) is 23.4 Å². The zero-order valence-electron chi connectivity index (χ0n) is 18.3. The van der Waals surface area contributed by atoms with Gasteiger partial charge in [-0.1, -0.05) is 23.4 Å². The van der Waals surface area contributed by atoms with Crippen molar-refractivity contribution in [3.8, 4) is 17.1 Å². The molecule has 0 fully saturated rings. The molecule has 8 nitrogen and oxygen atoms in total. The third-order valence-electron chi connectivity index (χ3n) is 4.80. The van der Waals surface area contributed by atoms with Gasteiger partial charge < -0.3 is 19.4 Å². The predicted molar refractivity (Wildman–Crippen MR) is 127 cm³/mol. The van der Waals surface area contributed by atoms with Crippen molar-refractivity contribution in [3.05, 3.63) is 39.2 Å². The van der Waals surface area contributed by atoms with Crippen LogP contribution in [0, 0.1) is 13.8 Å². The van der Waals surface area contributed by atoms with Gasteiger partial charge in [-0.05, 0) is 44.5 Å². The first-order chi connectivity index (χ1) is 15.3. The van der Waals surface area contributed by atoms with E-state index in [9.17, 15) is 9.59 Å². The Morgan fingerprint density at radius 3 is 2.66 bits per heavy atom. The van der Waals surface area contributed by atoms with Crippen molar-refractivity contribution in [2.45, 2.75) is 32.5 Å². The van der Waals surface area contributed by atoms with Crippen molar-refractivity contribution in [3.63, 3.8) is 0 Å².